The number of para-hydroxylation sites is 1. The predicted molar refractivity (Wildman–Crippen MR) is 90.5 cm³/mol. The number of H-pyrrole nitrogens is 1. The van der Waals surface area contributed by atoms with Gasteiger partial charge in [0.2, 0.25) is 0 Å². The molecule has 5 heteroatoms. The zero-order valence-corrected chi connectivity index (χ0v) is 13.2. The molecule has 24 heavy (non-hydrogen) atoms. The lowest BCUT2D eigenvalue weighted by Gasteiger charge is -2.06. The first-order valence-electron chi connectivity index (χ1n) is 7.71. The molecule has 1 heterocycles. The van der Waals surface area contributed by atoms with E-state index < -0.39 is 11.7 Å². The number of ketones is 1. The molecule has 0 fully saturated rings. The van der Waals surface area contributed by atoms with Gasteiger partial charge in [-0.05, 0) is 31.0 Å². The molecule has 0 bridgehead atoms. The van der Waals surface area contributed by atoms with Crippen molar-refractivity contribution in [3.05, 3.63) is 71.2 Å². The summed E-state index contributed by atoms with van der Waals surface area (Å²) in [5, 5.41) is 3.30. The molecule has 0 saturated heterocycles. The topological polar surface area (TPSA) is 62.0 Å². The lowest BCUT2D eigenvalue weighted by atomic mass is 10.1. The Hall–Kier alpha value is -2.95. The number of rotatable bonds is 5. The Balaban J connectivity index is 1.70. The first-order valence-corrected chi connectivity index (χ1v) is 7.71. The van der Waals surface area contributed by atoms with Crippen molar-refractivity contribution in [1.82, 2.24) is 10.3 Å². The Morgan fingerprint density at radius 3 is 2.58 bits per heavy atom. The number of aryl methyl sites for hydroxylation is 1. The van der Waals surface area contributed by atoms with Crippen LogP contribution in [0.25, 0.3) is 10.9 Å². The number of Topliss-reactive ketones (excluding diaryl/α,β-unsaturated/α-hetero) is 1. The van der Waals surface area contributed by atoms with Crippen molar-refractivity contribution >= 4 is 22.6 Å². The third-order valence-corrected chi connectivity index (χ3v) is 3.96. The Bertz CT molecular complexity index is 915. The second-order valence-electron chi connectivity index (χ2n) is 5.60. The maximum atomic E-state index is 13.5. The summed E-state index contributed by atoms with van der Waals surface area (Å²) >= 11 is 0. The maximum absolute atomic E-state index is 13.5. The van der Waals surface area contributed by atoms with Crippen LogP contribution in [0.15, 0.2) is 48.5 Å². The zero-order chi connectivity index (χ0) is 17.1. The van der Waals surface area contributed by atoms with Gasteiger partial charge < -0.3 is 10.3 Å². The van der Waals surface area contributed by atoms with Gasteiger partial charge >= 0.3 is 0 Å². The summed E-state index contributed by atoms with van der Waals surface area (Å²) in [5.74, 6) is -1.58. The molecule has 2 N–H and O–H groups in total. The van der Waals surface area contributed by atoms with Crippen molar-refractivity contribution in [3.8, 4) is 0 Å². The van der Waals surface area contributed by atoms with E-state index in [0.717, 1.165) is 10.9 Å². The van der Waals surface area contributed by atoms with Crippen molar-refractivity contribution in [1.29, 1.82) is 0 Å². The number of fused-ring (bicyclic) bond motifs is 1. The molecule has 0 atom stereocenters. The molecular weight excluding hydrogens is 307 g/mol. The summed E-state index contributed by atoms with van der Waals surface area (Å²) in [5.41, 5.74) is 2.37. The smallest absolute Gasteiger partial charge is 0.292 e. The minimum Gasteiger partial charge on any atom is -0.358 e. The number of aromatic nitrogens is 1. The second-order valence-corrected chi connectivity index (χ2v) is 5.60. The quantitative estimate of drug-likeness (QED) is 0.559. The summed E-state index contributed by atoms with van der Waals surface area (Å²) in [6.07, 6.45) is 0.332. The Morgan fingerprint density at radius 2 is 1.79 bits per heavy atom. The summed E-state index contributed by atoms with van der Waals surface area (Å²) < 4.78 is 13.5. The molecule has 0 aliphatic carbocycles. The third kappa shape index (κ3) is 3.06. The number of aromatic amines is 1. The average molecular weight is 324 g/mol. The van der Waals surface area contributed by atoms with Crippen LogP contribution in [0.1, 0.15) is 21.6 Å². The van der Waals surface area contributed by atoms with E-state index in [4.69, 9.17) is 0 Å². The highest BCUT2D eigenvalue weighted by Gasteiger charge is 2.22. The summed E-state index contributed by atoms with van der Waals surface area (Å²) in [7, 11) is 0. The molecule has 0 radical (unpaired) electrons. The highest BCUT2D eigenvalue weighted by Crippen LogP contribution is 2.22. The minimum atomic E-state index is -0.681. The molecule has 0 spiro atoms. The van der Waals surface area contributed by atoms with Gasteiger partial charge in [0.15, 0.2) is 0 Å². The highest BCUT2D eigenvalue weighted by molar-refractivity contribution is 6.45. The molecule has 0 saturated carbocycles. The van der Waals surface area contributed by atoms with E-state index in [0.29, 0.717) is 23.2 Å². The second kappa shape index (κ2) is 6.66. The van der Waals surface area contributed by atoms with E-state index >= 15 is 0 Å². The molecule has 0 aliphatic heterocycles. The SMILES string of the molecule is Cc1[nH]c2ccccc2c1C(=O)C(=O)NCCc1ccccc1F. The standard InChI is InChI=1S/C19H17FN2O2/c1-12-17(14-7-3-5-9-16(14)22-12)18(23)19(24)21-11-10-13-6-2-4-8-15(13)20/h2-9,22H,10-11H2,1H3,(H,21,24). The number of halogens is 1. The van der Waals surface area contributed by atoms with E-state index in [9.17, 15) is 14.0 Å². The Labute approximate surface area is 138 Å². The number of hydrogen-bond acceptors (Lipinski definition) is 2. The first kappa shape index (κ1) is 15.9. The van der Waals surface area contributed by atoms with Gasteiger partial charge in [-0.1, -0.05) is 36.4 Å². The third-order valence-electron chi connectivity index (χ3n) is 3.96. The monoisotopic (exact) mass is 324 g/mol. The fourth-order valence-corrected chi connectivity index (χ4v) is 2.77. The van der Waals surface area contributed by atoms with Crippen LogP contribution < -0.4 is 5.32 Å². The van der Waals surface area contributed by atoms with E-state index in [1.165, 1.54) is 6.07 Å². The van der Waals surface area contributed by atoms with Crippen molar-refractivity contribution in [2.24, 2.45) is 0 Å². The molecule has 3 aromatic rings. The number of carbonyl (C=O) groups is 2. The van der Waals surface area contributed by atoms with Crippen LogP contribution in [-0.2, 0) is 11.2 Å². The maximum Gasteiger partial charge on any atom is 0.292 e. The van der Waals surface area contributed by atoms with Crippen LogP contribution >= 0.6 is 0 Å². The summed E-state index contributed by atoms with van der Waals surface area (Å²) in [6, 6.07) is 13.7. The van der Waals surface area contributed by atoms with Crippen LogP contribution in [0.5, 0.6) is 0 Å². The molecule has 3 rings (SSSR count). The number of carbonyl (C=O) groups excluding carboxylic acids is 2. The number of benzene rings is 2. The highest BCUT2D eigenvalue weighted by atomic mass is 19.1. The van der Waals surface area contributed by atoms with E-state index in [1.54, 1.807) is 31.2 Å². The molecule has 0 aliphatic rings. The fourth-order valence-electron chi connectivity index (χ4n) is 2.77. The number of amides is 1. The zero-order valence-electron chi connectivity index (χ0n) is 13.2. The van der Waals surface area contributed by atoms with Crippen LogP contribution in [0.4, 0.5) is 4.39 Å². The van der Waals surface area contributed by atoms with Crippen molar-refractivity contribution in [2.75, 3.05) is 6.54 Å². The molecule has 1 aromatic heterocycles. The predicted octanol–water partition coefficient (Wildman–Crippen LogP) is 3.16. The number of nitrogens with one attached hydrogen (secondary N) is 2. The largest absolute Gasteiger partial charge is 0.358 e. The normalized spacial score (nSPS) is 10.8. The average Bonchev–Trinajstić information content (AvgIpc) is 2.91. The molecule has 4 nitrogen and oxygen atoms in total. The van der Waals surface area contributed by atoms with Crippen molar-refractivity contribution in [3.63, 3.8) is 0 Å². The van der Waals surface area contributed by atoms with Gasteiger partial charge in [0.1, 0.15) is 5.82 Å². The lowest BCUT2D eigenvalue weighted by Crippen LogP contribution is -2.33. The fraction of sp³-hybridized carbons (Fsp3) is 0.158. The van der Waals surface area contributed by atoms with Crippen LogP contribution in [-0.4, -0.2) is 23.2 Å². The molecule has 122 valence electrons. The molecular formula is C19H17FN2O2. The van der Waals surface area contributed by atoms with Crippen LogP contribution in [0.3, 0.4) is 0 Å². The van der Waals surface area contributed by atoms with E-state index in [-0.39, 0.29) is 12.4 Å². The van der Waals surface area contributed by atoms with Gasteiger partial charge in [0.25, 0.3) is 11.7 Å². The van der Waals surface area contributed by atoms with Crippen molar-refractivity contribution in [2.45, 2.75) is 13.3 Å². The van der Waals surface area contributed by atoms with Gasteiger partial charge in [0, 0.05) is 23.1 Å². The number of hydrogen-bond donors (Lipinski definition) is 2. The van der Waals surface area contributed by atoms with Crippen molar-refractivity contribution < 1.29 is 14.0 Å². The van der Waals surface area contributed by atoms with Gasteiger partial charge in [-0.2, -0.15) is 0 Å². The Morgan fingerprint density at radius 1 is 1.08 bits per heavy atom. The summed E-state index contributed by atoms with van der Waals surface area (Å²) in [4.78, 5) is 27.7. The van der Waals surface area contributed by atoms with Crippen LogP contribution in [0, 0.1) is 12.7 Å². The van der Waals surface area contributed by atoms with Gasteiger partial charge in [0.05, 0.1) is 5.56 Å². The Kier molecular flexibility index (Phi) is 4.42. The van der Waals surface area contributed by atoms with Gasteiger partial charge in [-0.15, -0.1) is 0 Å². The molecule has 0 unspecified atom stereocenters. The van der Waals surface area contributed by atoms with Crippen LogP contribution in [0.2, 0.25) is 0 Å². The van der Waals surface area contributed by atoms with Gasteiger partial charge in [-0.25, -0.2) is 4.39 Å². The van der Waals surface area contributed by atoms with Gasteiger partial charge in [-0.3, -0.25) is 9.59 Å². The summed E-state index contributed by atoms with van der Waals surface area (Å²) in [6.45, 7) is 1.97. The lowest BCUT2D eigenvalue weighted by molar-refractivity contribution is -0.116. The molecule has 1 amide bonds. The van der Waals surface area contributed by atoms with E-state index in [1.807, 2.05) is 18.2 Å². The minimum absolute atomic E-state index is 0.201. The first-order chi connectivity index (χ1) is 11.6. The van der Waals surface area contributed by atoms with E-state index in [2.05, 4.69) is 10.3 Å². The molecule has 2 aromatic carbocycles.